The van der Waals surface area contributed by atoms with Crippen LogP contribution in [0.1, 0.15) is 49.3 Å². The van der Waals surface area contributed by atoms with Crippen LogP contribution in [-0.2, 0) is 16.0 Å². The first kappa shape index (κ1) is 20.4. The Kier molecular flexibility index (Phi) is 6.82. The second kappa shape index (κ2) is 9.72. The normalized spacial score (nSPS) is 23.4. The molecule has 2 amide bonds. The van der Waals surface area contributed by atoms with E-state index in [1.807, 2.05) is 4.90 Å². The van der Waals surface area contributed by atoms with E-state index in [4.69, 9.17) is 0 Å². The van der Waals surface area contributed by atoms with E-state index < -0.39 is 0 Å². The Morgan fingerprint density at radius 3 is 2.31 bits per heavy atom. The van der Waals surface area contributed by atoms with E-state index in [0.29, 0.717) is 13.1 Å². The van der Waals surface area contributed by atoms with Crippen molar-refractivity contribution in [3.8, 4) is 0 Å². The molecule has 2 heterocycles. The highest BCUT2D eigenvalue weighted by Crippen LogP contribution is 2.29. The van der Waals surface area contributed by atoms with Crippen LogP contribution < -0.4 is 5.32 Å². The van der Waals surface area contributed by atoms with Gasteiger partial charge in [-0.3, -0.25) is 19.4 Å². The zero-order valence-corrected chi connectivity index (χ0v) is 17.4. The van der Waals surface area contributed by atoms with Crippen LogP contribution in [0.5, 0.6) is 0 Å². The van der Waals surface area contributed by atoms with Crippen LogP contribution in [0.3, 0.4) is 0 Å². The number of carbonyl (C=O) groups is 2. The molecule has 1 atom stereocenters. The van der Waals surface area contributed by atoms with Gasteiger partial charge in [0.1, 0.15) is 0 Å². The van der Waals surface area contributed by atoms with Crippen molar-refractivity contribution in [2.24, 2.45) is 0 Å². The summed E-state index contributed by atoms with van der Waals surface area (Å²) in [6.07, 6.45) is 6.79. The van der Waals surface area contributed by atoms with Gasteiger partial charge in [-0.1, -0.05) is 24.3 Å². The molecule has 0 saturated carbocycles. The van der Waals surface area contributed by atoms with E-state index in [-0.39, 0.29) is 17.9 Å². The zero-order chi connectivity index (χ0) is 20.1. The highest BCUT2D eigenvalue weighted by molar-refractivity contribution is 5.79. The van der Waals surface area contributed by atoms with Crippen molar-refractivity contribution in [3.63, 3.8) is 0 Å². The first-order valence-corrected chi connectivity index (χ1v) is 11.3. The lowest BCUT2D eigenvalue weighted by Crippen LogP contribution is -2.52. The van der Waals surface area contributed by atoms with E-state index in [1.54, 1.807) is 0 Å². The minimum Gasteiger partial charge on any atom is -0.348 e. The predicted molar refractivity (Wildman–Crippen MR) is 114 cm³/mol. The van der Waals surface area contributed by atoms with Gasteiger partial charge in [-0.2, -0.15) is 0 Å². The van der Waals surface area contributed by atoms with Crippen LogP contribution in [0.15, 0.2) is 24.3 Å². The number of hydrogen-bond donors (Lipinski definition) is 1. The molecule has 1 aliphatic carbocycles. The van der Waals surface area contributed by atoms with Gasteiger partial charge in [0.2, 0.25) is 11.8 Å². The van der Waals surface area contributed by atoms with Crippen molar-refractivity contribution in [1.29, 1.82) is 0 Å². The monoisotopic (exact) mass is 398 g/mol. The van der Waals surface area contributed by atoms with Crippen molar-refractivity contribution in [3.05, 3.63) is 35.4 Å². The SMILES string of the molecule is O=C(CN1CCN(CC(=O)N2CCCCC2)CC1)NC1CCCc2ccccc21. The number of aryl methyl sites for hydroxylation is 1. The van der Waals surface area contributed by atoms with Gasteiger partial charge in [0.15, 0.2) is 0 Å². The van der Waals surface area contributed by atoms with Crippen LogP contribution in [0, 0.1) is 0 Å². The number of nitrogens with one attached hydrogen (secondary N) is 1. The summed E-state index contributed by atoms with van der Waals surface area (Å²) in [5.74, 6) is 0.386. The molecule has 0 bridgehead atoms. The van der Waals surface area contributed by atoms with Gasteiger partial charge in [-0.15, -0.1) is 0 Å². The lowest BCUT2D eigenvalue weighted by molar-refractivity contribution is -0.134. The number of benzene rings is 1. The third-order valence-corrected chi connectivity index (χ3v) is 6.60. The number of rotatable bonds is 5. The Morgan fingerprint density at radius 1 is 0.862 bits per heavy atom. The second-order valence-corrected chi connectivity index (χ2v) is 8.70. The molecule has 6 nitrogen and oxygen atoms in total. The number of piperazine rings is 1. The van der Waals surface area contributed by atoms with Crippen molar-refractivity contribution in [2.45, 2.75) is 44.6 Å². The summed E-state index contributed by atoms with van der Waals surface area (Å²) in [5.41, 5.74) is 2.66. The maximum atomic E-state index is 12.6. The number of amides is 2. The molecule has 4 rings (SSSR count). The Morgan fingerprint density at radius 2 is 1.55 bits per heavy atom. The highest BCUT2D eigenvalue weighted by atomic mass is 16.2. The third kappa shape index (κ3) is 5.37. The van der Waals surface area contributed by atoms with Gasteiger partial charge in [0, 0.05) is 39.3 Å². The van der Waals surface area contributed by atoms with Crippen molar-refractivity contribution in [1.82, 2.24) is 20.0 Å². The van der Waals surface area contributed by atoms with E-state index in [1.165, 1.54) is 17.5 Å². The molecule has 0 radical (unpaired) electrons. The van der Waals surface area contributed by atoms with Crippen LogP contribution in [-0.4, -0.2) is 78.9 Å². The molecule has 158 valence electrons. The van der Waals surface area contributed by atoms with E-state index >= 15 is 0 Å². The maximum Gasteiger partial charge on any atom is 0.236 e. The molecule has 2 aliphatic heterocycles. The summed E-state index contributed by atoms with van der Waals surface area (Å²) >= 11 is 0. The number of carbonyl (C=O) groups excluding carboxylic acids is 2. The summed E-state index contributed by atoms with van der Waals surface area (Å²) in [6, 6.07) is 8.62. The first-order valence-electron chi connectivity index (χ1n) is 11.3. The fourth-order valence-corrected chi connectivity index (χ4v) is 4.89. The average molecular weight is 399 g/mol. The third-order valence-electron chi connectivity index (χ3n) is 6.60. The van der Waals surface area contributed by atoms with Gasteiger partial charge < -0.3 is 10.2 Å². The standard InChI is InChI=1S/C23H34N4O2/c28-22(24-21-10-6-8-19-7-2-3-9-20(19)21)17-25-13-15-26(16-14-25)18-23(29)27-11-4-1-5-12-27/h2-3,7,9,21H,1,4-6,8,10-18H2,(H,24,28). The minimum absolute atomic E-state index is 0.115. The van der Waals surface area contributed by atoms with Crippen molar-refractivity contribution >= 4 is 11.8 Å². The predicted octanol–water partition coefficient (Wildman–Crippen LogP) is 1.81. The lowest BCUT2D eigenvalue weighted by atomic mass is 9.88. The highest BCUT2D eigenvalue weighted by Gasteiger charge is 2.25. The van der Waals surface area contributed by atoms with Crippen LogP contribution in [0.2, 0.25) is 0 Å². The number of piperidine rings is 1. The average Bonchev–Trinajstić information content (AvgIpc) is 2.76. The maximum absolute atomic E-state index is 12.6. The molecule has 3 aliphatic rings. The molecule has 1 aromatic rings. The smallest absolute Gasteiger partial charge is 0.236 e. The van der Waals surface area contributed by atoms with Gasteiger partial charge in [0.25, 0.3) is 0 Å². The fourth-order valence-electron chi connectivity index (χ4n) is 4.89. The zero-order valence-electron chi connectivity index (χ0n) is 17.4. The Balaban J connectivity index is 1.20. The Labute approximate surface area is 174 Å². The van der Waals surface area contributed by atoms with Gasteiger partial charge in [-0.25, -0.2) is 0 Å². The molecule has 1 aromatic carbocycles. The van der Waals surface area contributed by atoms with Crippen molar-refractivity contribution in [2.75, 3.05) is 52.4 Å². The number of hydrogen-bond acceptors (Lipinski definition) is 4. The summed E-state index contributed by atoms with van der Waals surface area (Å²) < 4.78 is 0. The summed E-state index contributed by atoms with van der Waals surface area (Å²) in [5, 5.41) is 3.25. The number of likely N-dealkylation sites (tertiary alicyclic amines) is 1. The molecule has 0 spiro atoms. The second-order valence-electron chi connectivity index (χ2n) is 8.70. The van der Waals surface area contributed by atoms with Crippen molar-refractivity contribution < 1.29 is 9.59 Å². The largest absolute Gasteiger partial charge is 0.348 e. The molecule has 6 heteroatoms. The number of nitrogens with zero attached hydrogens (tertiary/aromatic N) is 3. The van der Waals surface area contributed by atoms with E-state index in [2.05, 4.69) is 39.4 Å². The Hall–Kier alpha value is -1.92. The first-order chi connectivity index (χ1) is 14.2. The molecule has 2 fully saturated rings. The fraction of sp³-hybridized carbons (Fsp3) is 0.652. The summed E-state index contributed by atoms with van der Waals surface area (Å²) in [7, 11) is 0. The lowest BCUT2D eigenvalue weighted by Gasteiger charge is -2.36. The van der Waals surface area contributed by atoms with Gasteiger partial charge in [-0.05, 0) is 49.7 Å². The van der Waals surface area contributed by atoms with Crippen LogP contribution in [0.25, 0.3) is 0 Å². The molecular formula is C23H34N4O2. The summed E-state index contributed by atoms with van der Waals surface area (Å²) in [6.45, 7) is 6.24. The van der Waals surface area contributed by atoms with Crippen LogP contribution >= 0.6 is 0 Å². The Bertz CT molecular complexity index is 709. The summed E-state index contributed by atoms with van der Waals surface area (Å²) in [4.78, 5) is 31.6. The molecule has 0 aromatic heterocycles. The quantitative estimate of drug-likeness (QED) is 0.822. The molecule has 1 N–H and O–H groups in total. The van der Waals surface area contributed by atoms with Gasteiger partial charge >= 0.3 is 0 Å². The van der Waals surface area contributed by atoms with Crippen LogP contribution in [0.4, 0.5) is 0 Å². The van der Waals surface area contributed by atoms with E-state index in [9.17, 15) is 9.59 Å². The molecular weight excluding hydrogens is 364 g/mol. The minimum atomic E-state index is 0.115. The van der Waals surface area contributed by atoms with E-state index in [0.717, 1.165) is 71.4 Å². The molecule has 2 saturated heterocycles. The topological polar surface area (TPSA) is 55.9 Å². The molecule has 29 heavy (non-hydrogen) atoms. The van der Waals surface area contributed by atoms with Gasteiger partial charge in [0.05, 0.1) is 19.1 Å². The number of fused-ring (bicyclic) bond motifs is 1. The molecule has 1 unspecified atom stereocenters.